The highest BCUT2D eigenvalue weighted by Gasteiger charge is 2.35. The lowest BCUT2D eigenvalue weighted by Crippen LogP contribution is -2.52. The molecule has 6 nitrogen and oxygen atoms in total. The van der Waals surface area contributed by atoms with Gasteiger partial charge in [0.1, 0.15) is 11.9 Å². The first-order valence-electron chi connectivity index (χ1n) is 7.97. The fraction of sp³-hybridized carbons (Fsp3) is 0.625. The maximum Gasteiger partial charge on any atom is 0.240 e. The predicted octanol–water partition coefficient (Wildman–Crippen LogP) is 1.06. The van der Waals surface area contributed by atoms with Crippen LogP contribution in [0.4, 0.5) is 0 Å². The van der Waals surface area contributed by atoms with Gasteiger partial charge in [0, 0.05) is 20.1 Å². The maximum absolute atomic E-state index is 12.6. The number of methoxy groups -OCH3 is 1. The van der Waals surface area contributed by atoms with Crippen molar-refractivity contribution in [2.45, 2.75) is 42.7 Å². The summed E-state index contributed by atoms with van der Waals surface area (Å²) < 4.78 is 38.8. The van der Waals surface area contributed by atoms with E-state index in [4.69, 9.17) is 9.47 Å². The van der Waals surface area contributed by atoms with E-state index in [9.17, 15) is 8.42 Å². The molecule has 0 aromatic heterocycles. The van der Waals surface area contributed by atoms with Gasteiger partial charge in [-0.15, -0.1) is 0 Å². The Hall–Kier alpha value is -1.15. The van der Waals surface area contributed by atoms with Crippen LogP contribution < -0.4 is 14.8 Å². The molecule has 1 aromatic rings. The second kappa shape index (κ2) is 6.39. The number of ether oxygens (including phenoxy) is 2. The molecule has 2 atom stereocenters. The maximum atomic E-state index is 12.6. The van der Waals surface area contributed by atoms with E-state index in [-0.39, 0.29) is 11.6 Å². The van der Waals surface area contributed by atoms with E-state index in [0.29, 0.717) is 18.0 Å². The molecular formula is C16H24N2O4S. The number of hydrogen-bond donors (Lipinski definition) is 2. The van der Waals surface area contributed by atoms with Gasteiger partial charge in [-0.25, -0.2) is 13.1 Å². The van der Waals surface area contributed by atoms with E-state index < -0.39 is 10.0 Å². The molecule has 23 heavy (non-hydrogen) atoms. The third-order valence-electron chi connectivity index (χ3n) is 4.53. The molecule has 2 N–H and O–H groups in total. The van der Waals surface area contributed by atoms with Gasteiger partial charge in [0.2, 0.25) is 10.0 Å². The fourth-order valence-electron chi connectivity index (χ4n) is 3.35. The molecule has 1 saturated heterocycles. The van der Waals surface area contributed by atoms with Gasteiger partial charge in [-0.1, -0.05) is 0 Å². The number of benzene rings is 1. The molecule has 0 bridgehead atoms. The molecule has 3 rings (SSSR count). The normalized spacial score (nSPS) is 27.0. The largest absolute Gasteiger partial charge is 0.490 e. The van der Waals surface area contributed by atoms with Crippen LogP contribution in [0.15, 0.2) is 23.1 Å². The van der Waals surface area contributed by atoms with E-state index in [1.54, 1.807) is 25.3 Å². The number of hydrogen-bond acceptors (Lipinski definition) is 5. The minimum atomic E-state index is -3.54. The van der Waals surface area contributed by atoms with Gasteiger partial charge in [-0.3, -0.25) is 0 Å². The van der Waals surface area contributed by atoms with Crippen LogP contribution in [-0.4, -0.2) is 46.9 Å². The van der Waals surface area contributed by atoms with E-state index in [0.717, 1.165) is 37.1 Å². The van der Waals surface area contributed by atoms with E-state index >= 15 is 0 Å². The highest BCUT2D eigenvalue weighted by molar-refractivity contribution is 7.89. The smallest absolute Gasteiger partial charge is 0.240 e. The summed E-state index contributed by atoms with van der Waals surface area (Å²) in [6.45, 7) is 3.68. The van der Waals surface area contributed by atoms with Crippen molar-refractivity contribution in [3.63, 3.8) is 0 Å². The summed E-state index contributed by atoms with van der Waals surface area (Å²) in [7, 11) is -1.91. The quantitative estimate of drug-likeness (QED) is 0.810. The zero-order chi connectivity index (χ0) is 16.5. The summed E-state index contributed by atoms with van der Waals surface area (Å²) in [5, 5.41) is 3.37. The SMILES string of the molecule is COCC1(CNS(=O)(=O)c2ccc3c(c2)CC(C)O3)CCCN1. The molecule has 2 aliphatic heterocycles. The summed E-state index contributed by atoms with van der Waals surface area (Å²) in [5.41, 5.74) is 0.641. The van der Waals surface area contributed by atoms with Crippen molar-refractivity contribution in [2.75, 3.05) is 26.8 Å². The second-order valence-electron chi connectivity index (χ2n) is 6.47. The predicted molar refractivity (Wildman–Crippen MR) is 87.3 cm³/mol. The molecule has 0 spiro atoms. The fourth-order valence-corrected chi connectivity index (χ4v) is 4.53. The Morgan fingerprint density at radius 1 is 1.48 bits per heavy atom. The summed E-state index contributed by atoms with van der Waals surface area (Å²) in [6.07, 6.45) is 2.77. The molecule has 0 radical (unpaired) electrons. The molecule has 2 heterocycles. The highest BCUT2D eigenvalue weighted by atomic mass is 32.2. The Kier molecular flexibility index (Phi) is 4.64. The van der Waals surface area contributed by atoms with Gasteiger partial charge in [0.15, 0.2) is 0 Å². The Morgan fingerprint density at radius 3 is 3.00 bits per heavy atom. The third kappa shape index (κ3) is 3.52. The van der Waals surface area contributed by atoms with Crippen LogP contribution in [0.3, 0.4) is 0 Å². The Balaban J connectivity index is 1.73. The van der Waals surface area contributed by atoms with Crippen LogP contribution in [0.5, 0.6) is 5.75 Å². The van der Waals surface area contributed by atoms with Gasteiger partial charge in [-0.05, 0) is 50.1 Å². The number of sulfonamides is 1. The average molecular weight is 340 g/mol. The Labute approximate surface area is 137 Å². The van der Waals surface area contributed by atoms with Crippen LogP contribution in [0.2, 0.25) is 0 Å². The molecule has 0 amide bonds. The molecule has 2 aliphatic rings. The molecule has 0 saturated carbocycles. The van der Waals surface area contributed by atoms with Crippen molar-refractivity contribution in [1.29, 1.82) is 0 Å². The third-order valence-corrected chi connectivity index (χ3v) is 5.93. The lowest BCUT2D eigenvalue weighted by Gasteiger charge is -2.28. The zero-order valence-electron chi connectivity index (χ0n) is 13.6. The van der Waals surface area contributed by atoms with Crippen LogP contribution in [0.1, 0.15) is 25.3 Å². The molecule has 2 unspecified atom stereocenters. The molecule has 1 aromatic carbocycles. The van der Waals surface area contributed by atoms with E-state index in [1.165, 1.54) is 0 Å². The van der Waals surface area contributed by atoms with Crippen molar-refractivity contribution >= 4 is 10.0 Å². The van der Waals surface area contributed by atoms with Crippen molar-refractivity contribution in [3.8, 4) is 5.75 Å². The number of nitrogens with one attached hydrogen (secondary N) is 2. The van der Waals surface area contributed by atoms with Crippen molar-refractivity contribution in [3.05, 3.63) is 23.8 Å². The van der Waals surface area contributed by atoms with E-state index in [2.05, 4.69) is 10.0 Å². The monoisotopic (exact) mass is 340 g/mol. The molecular weight excluding hydrogens is 316 g/mol. The van der Waals surface area contributed by atoms with Gasteiger partial charge in [0.05, 0.1) is 17.0 Å². The second-order valence-corrected chi connectivity index (χ2v) is 8.24. The van der Waals surface area contributed by atoms with Crippen LogP contribution in [-0.2, 0) is 21.2 Å². The molecule has 128 valence electrons. The first-order chi connectivity index (χ1) is 10.9. The lowest BCUT2D eigenvalue weighted by atomic mass is 9.99. The Bertz CT molecular complexity index is 669. The Morgan fingerprint density at radius 2 is 2.30 bits per heavy atom. The van der Waals surface area contributed by atoms with Crippen molar-refractivity contribution in [1.82, 2.24) is 10.0 Å². The topological polar surface area (TPSA) is 76.7 Å². The van der Waals surface area contributed by atoms with Crippen LogP contribution in [0, 0.1) is 0 Å². The van der Waals surface area contributed by atoms with Gasteiger partial charge < -0.3 is 14.8 Å². The molecule has 7 heteroatoms. The van der Waals surface area contributed by atoms with Crippen molar-refractivity contribution < 1.29 is 17.9 Å². The number of rotatable bonds is 6. The van der Waals surface area contributed by atoms with Gasteiger partial charge in [0.25, 0.3) is 0 Å². The van der Waals surface area contributed by atoms with Crippen molar-refractivity contribution in [2.24, 2.45) is 0 Å². The zero-order valence-corrected chi connectivity index (χ0v) is 14.4. The first kappa shape index (κ1) is 16.7. The molecule has 0 aliphatic carbocycles. The first-order valence-corrected chi connectivity index (χ1v) is 9.46. The lowest BCUT2D eigenvalue weighted by molar-refractivity contribution is 0.122. The summed E-state index contributed by atoms with van der Waals surface area (Å²) in [5.74, 6) is 0.782. The minimum absolute atomic E-state index is 0.101. The van der Waals surface area contributed by atoms with E-state index in [1.807, 2.05) is 6.92 Å². The summed E-state index contributed by atoms with van der Waals surface area (Å²) >= 11 is 0. The van der Waals surface area contributed by atoms with Crippen LogP contribution in [0.25, 0.3) is 0 Å². The van der Waals surface area contributed by atoms with Crippen LogP contribution >= 0.6 is 0 Å². The van der Waals surface area contributed by atoms with Gasteiger partial charge >= 0.3 is 0 Å². The molecule has 1 fully saturated rings. The van der Waals surface area contributed by atoms with Gasteiger partial charge in [-0.2, -0.15) is 0 Å². The highest BCUT2D eigenvalue weighted by Crippen LogP contribution is 2.30. The minimum Gasteiger partial charge on any atom is -0.490 e. The summed E-state index contributed by atoms with van der Waals surface area (Å²) in [6, 6.07) is 5.06. The summed E-state index contributed by atoms with van der Waals surface area (Å²) in [4.78, 5) is 0.291. The number of fused-ring (bicyclic) bond motifs is 1. The standard InChI is InChI=1S/C16H24N2O4S/c1-12-8-13-9-14(4-5-15(13)22-12)23(19,20)18-10-16(11-21-2)6-3-7-17-16/h4-5,9,12,17-18H,3,6-8,10-11H2,1-2H3. The average Bonchev–Trinajstić information content (AvgIpc) is 3.11.